The average Bonchev–Trinajstić information content (AvgIpc) is 2.62. The molecule has 1 aromatic rings. The first kappa shape index (κ1) is 16.0. The Morgan fingerprint density at radius 2 is 2.28 bits per heavy atom. The molecule has 1 aromatic heterocycles. The van der Waals surface area contributed by atoms with Crippen LogP contribution in [0.15, 0.2) is 10.5 Å². The normalized spacial score (nSPS) is 12.8. The first-order chi connectivity index (χ1) is 8.43. The zero-order valence-corrected chi connectivity index (χ0v) is 13.8. The van der Waals surface area contributed by atoms with Crippen molar-refractivity contribution in [2.45, 2.75) is 32.9 Å². The lowest BCUT2D eigenvalue weighted by Crippen LogP contribution is -2.38. The van der Waals surface area contributed by atoms with E-state index < -0.39 is 0 Å². The molecule has 1 heterocycles. The number of esters is 1. The predicted molar refractivity (Wildman–Crippen MR) is 79.1 cm³/mol. The van der Waals surface area contributed by atoms with Crippen molar-refractivity contribution in [3.05, 3.63) is 19.8 Å². The van der Waals surface area contributed by atoms with Crippen LogP contribution in [-0.4, -0.2) is 19.1 Å². The summed E-state index contributed by atoms with van der Waals surface area (Å²) in [6.07, 6.45) is 0.757. The molecule has 0 radical (unpaired) electrons. The maximum absolute atomic E-state index is 11.6. The Hall–Kier alpha value is -0.100. The Morgan fingerprint density at radius 1 is 1.61 bits per heavy atom. The topological polar surface area (TPSA) is 38.3 Å². The number of carbonyl (C=O) groups is 1. The second-order valence-corrected chi connectivity index (χ2v) is 7.01. The molecule has 1 atom stereocenters. The van der Waals surface area contributed by atoms with Crippen molar-refractivity contribution in [1.82, 2.24) is 5.32 Å². The van der Waals surface area contributed by atoms with E-state index >= 15 is 0 Å². The van der Waals surface area contributed by atoms with Crippen molar-refractivity contribution in [2.75, 3.05) is 7.11 Å². The van der Waals surface area contributed by atoms with Crippen LogP contribution in [0.4, 0.5) is 0 Å². The third-order valence-corrected chi connectivity index (χ3v) is 4.89. The third kappa shape index (κ3) is 4.88. The van der Waals surface area contributed by atoms with Gasteiger partial charge in [-0.15, -0.1) is 11.3 Å². The summed E-state index contributed by atoms with van der Waals surface area (Å²) >= 11 is 10.8. The van der Waals surface area contributed by atoms with E-state index in [0.717, 1.165) is 20.1 Å². The van der Waals surface area contributed by atoms with Gasteiger partial charge in [-0.2, -0.15) is 0 Å². The number of hydrogen-bond donors (Lipinski definition) is 1. The van der Waals surface area contributed by atoms with Crippen molar-refractivity contribution < 1.29 is 9.53 Å². The molecule has 0 aromatic carbocycles. The Kier molecular flexibility index (Phi) is 6.63. The summed E-state index contributed by atoms with van der Waals surface area (Å²) in [5.74, 6) is 0.214. The molecule has 0 aliphatic carbocycles. The minimum absolute atomic E-state index is 0.217. The Labute approximate surface area is 125 Å². The largest absolute Gasteiger partial charge is 0.468 e. The van der Waals surface area contributed by atoms with Crippen LogP contribution in [0.5, 0.6) is 0 Å². The van der Waals surface area contributed by atoms with E-state index in [0.29, 0.717) is 12.5 Å². The highest BCUT2D eigenvalue weighted by atomic mass is 79.9. The summed E-state index contributed by atoms with van der Waals surface area (Å²) in [4.78, 5) is 12.7. The van der Waals surface area contributed by atoms with Crippen LogP contribution < -0.4 is 5.32 Å². The van der Waals surface area contributed by atoms with Crippen LogP contribution in [-0.2, 0) is 16.1 Å². The number of nitrogens with one attached hydrogen (secondary N) is 1. The van der Waals surface area contributed by atoms with E-state index in [9.17, 15) is 4.79 Å². The van der Waals surface area contributed by atoms with Crippen molar-refractivity contribution in [3.63, 3.8) is 0 Å². The van der Waals surface area contributed by atoms with E-state index in [2.05, 4.69) is 35.1 Å². The Morgan fingerprint density at radius 3 is 2.72 bits per heavy atom. The lowest BCUT2D eigenvalue weighted by molar-refractivity contribution is -0.143. The molecule has 102 valence electrons. The molecule has 0 bridgehead atoms. The van der Waals surface area contributed by atoms with Gasteiger partial charge in [-0.1, -0.05) is 25.4 Å². The number of thiophene rings is 1. The standard InChI is InChI=1S/C12H17BrClNO2S/c1-7(2)4-10(12(16)17-3)15-6-8-5-9(13)11(14)18-8/h5,7,10,15H,4,6H2,1-3H3. The number of hydrogen-bond acceptors (Lipinski definition) is 4. The second kappa shape index (κ2) is 7.48. The van der Waals surface area contributed by atoms with Gasteiger partial charge in [0.05, 0.1) is 7.11 Å². The molecule has 18 heavy (non-hydrogen) atoms. The first-order valence-electron chi connectivity index (χ1n) is 5.69. The van der Waals surface area contributed by atoms with Crippen LogP contribution >= 0.6 is 38.9 Å². The second-order valence-electron chi connectivity index (χ2n) is 4.42. The fourth-order valence-corrected chi connectivity index (χ4v) is 3.32. The molecule has 3 nitrogen and oxygen atoms in total. The lowest BCUT2D eigenvalue weighted by atomic mass is 10.0. The van der Waals surface area contributed by atoms with Gasteiger partial charge < -0.3 is 4.74 Å². The average molecular weight is 355 g/mol. The highest BCUT2D eigenvalue weighted by Gasteiger charge is 2.20. The fraction of sp³-hybridized carbons (Fsp3) is 0.583. The van der Waals surface area contributed by atoms with E-state index in [4.69, 9.17) is 16.3 Å². The van der Waals surface area contributed by atoms with Crippen LogP contribution in [0.2, 0.25) is 4.34 Å². The molecule has 0 fully saturated rings. The summed E-state index contributed by atoms with van der Waals surface area (Å²) in [7, 11) is 1.41. The molecule has 1 rings (SSSR count). The van der Waals surface area contributed by atoms with Gasteiger partial charge in [0.15, 0.2) is 0 Å². The minimum Gasteiger partial charge on any atom is -0.468 e. The monoisotopic (exact) mass is 353 g/mol. The summed E-state index contributed by atoms with van der Waals surface area (Å²) in [6.45, 7) is 4.77. The van der Waals surface area contributed by atoms with E-state index in [-0.39, 0.29) is 12.0 Å². The lowest BCUT2D eigenvalue weighted by Gasteiger charge is -2.17. The molecule has 0 aliphatic heterocycles. The summed E-state index contributed by atoms with van der Waals surface area (Å²) < 4.78 is 6.42. The van der Waals surface area contributed by atoms with Gasteiger partial charge in [0.25, 0.3) is 0 Å². The highest BCUT2D eigenvalue weighted by molar-refractivity contribution is 9.10. The molecule has 0 spiro atoms. The maximum Gasteiger partial charge on any atom is 0.322 e. The van der Waals surface area contributed by atoms with Crippen molar-refractivity contribution in [3.8, 4) is 0 Å². The fourth-order valence-electron chi connectivity index (χ4n) is 1.58. The van der Waals surface area contributed by atoms with Gasteiger partial charge in [0.2, 0.25) is 0 Å². The van der Waals surface area contributed by atoms with Gasteiger partial charge in [-0.25, -0.2) is 0 Å². The van der Waals surface area contributed by atoms with Crippen LogP contribution in [0.25, 0.3) is 0 Å². The zero-order valence-electron chi connectivity index (χ0n) is 10.6. The number of halogens is 2. The summed E-state index contributed by atoms with van der Waals surface area (Å²) in [5, 5.41) is 3.22. The third-order valence-electron chi connectivity index (χ3n) is 2.41. The van der Waals surface area contributed by atoms with E-state index in [1.54, 1.807) is 0 Å². The first-order valence-corrected chi connectivity index (χ1v) is 7.67. The van der Waals surface area contributed by atoms with Gasteiger partial charge in [-0.05, 0) is 34.3 Å². The predicted octanol–water partition coefficient (Wildman–Crippen LogP) is 3.84. The smallest absolute Gasteiger partial charge is 0.322 e. The molecule has 1 N–H and O–H groups in total. The molecule has 0 aliphatic rings. The van der Waals surface area contributed by atoms with Crippen molar-refractivity contribution in [1.29, 1.82) is 0 Å². The minimum atomic E-state index is -0.269. The zero-order chi connectivity index (χ0) is 13.7. The molecule has 1 unspecified atom stereocenters. The Bertz CT molecular complexity index is 389. The van der Waals surface area contributed by atoms with E-state index in [1.807, 2.05) is 6.07 Å². The number of ether oxygens (including phenoxy) is 1. The molecular formula is C12H17BrClNO2S. The molecule has 0 saturated carbocycles. The molecule has 0 amide bonds. The molecule has 0 saturated heterocycles. The van der Waals surface area contributed by atoms with E-state index in [1.165, 1.54) is 18.4 Å². The van der Waals surface area contributed by atoms with Crippen LogP contribution in [0.3, 0.4) is 0 Å². The van der Waals surface area contributed by atoms with Gasteiger partial charge in [-0.3, -0.25) is 10.1 Å². The van der Waals surface area contributed by atoms with Crippen molar-refractivity contribution >= 4 is 44.8 Å². The number of rotatable bonds is 6. The van der Waals surface area contributed by atoms with Gasteiger partial charge >= 0.3 is 5.97 Å². The molecular weight excluding hydrogens is 338 g/mol. The van der Waals surface area contributed by atoms with Crippen molar-refractivity contribution in [2.24, 2.45) is 5.92 Å². The summed E-state index contributed by atoms with van der Waals surface area (Å²) in [6, 6.07) is 1.69. The van der Waals surface area contributed by atoms with Crippen LogP contribution in [0.1, 0.15) is 25.1 Å². The number of carbonyl (C=O) groups excluding carboxylic acids is 1. The quantitative estimate of drug-likeness (QED) is 0.789. The van der Waals surface area contributed by atoms with Crippen LogP contribution in [0, 0.1) is 5.92 Å². The SMILES string of the molecule is COC(=O)C(CC(C)C)NCc1cc(Br)c(Cl)s1. The van der Waals surface area contributed by atoms with Gasteiger partial charge in [0, 0.05) is 15.9 Å². The Balaban J connectivity index is 2.58. The number of methoxy groups -OCH3 is 1. The van der Waals surface area contributed by atoms with Gasteiger partial charge in [0.1, 0.15) is 10.4 Å². The maximum atomic E-state index is 11.6. The highest BCUT2D eigenvalue weighted by Crippen LogP contribution is 2.31. The molecule has 6 heteroatoms. The summed E-state index contributed by atoms with van der Waals surface area (Å²) in [5.41, 5.74) is 0.